The molecule has 2 aromatic rings. The highest BCUT2D eigenvalue weighted by atomic mass is 32.3. The third-order valence-electron chi connectivity index (χ3n) is 3.73. The van der Waals surface area contributed by atoms with Gasteiger partial charge in [0.2, 0.25) is 10.4 Å². The molecule has 0 unspecified atom stereocenters. The van der Waals surface area contributed by atoms with Gasteiger partial charge in [0.05, 0.1) is 18.8 Å². The highest BCUT2D eigenvalue weighted by molar-refractivity contribution is 7.80. The summed E-state index contributed by atoms with van der Waals surface area (Å²) in [5.74, 6) is 0. The van der Waals surface area contributed by atoms with E-state index in [9.17, 15) is 13.0 Å². The van der Waals surface area contributed by atoms with Gasteiger partial charge in [-0.15, -0.1) is 0 Å². The third kappa shape index (κ3) is 6.13. The van der Waals surface area contributed by atoms with Crippen molar-refractivity contribution in [3.05, 3.63) is 35.3 Å². The molecule has 0 aliphatic heterocycles. The van der Waals surface area contributed by atoms with E-state index < -0.39 is 10.4 Å². The Morgan fingerprint density at radius 3 is 2.69 bits per heavy atom. The van der Waals surface area contributed by atoms with Crippen LogP contribution >= 0.6 is 11.3 Å². The molecule has 0 saturated heterocycles. The summed E-state index contributed by atoms with van der Waals surface area (Å²) in [6.07, 6.45) is 2.36. The minimum Gasteiger partial charge on any atom is -0.726 e. The molecule has 2 rings (SSSR count). The minimum absolute atomic E-state index is 0.120. The Labute approximate surface area is 157 Å². The first kappa shape index (κ1) is 20.4. The lowest BCUT2D eigenvalue weighted by molar-refractivity contribution is -0.654. The van der Waals surface area contributed by atoms with Crippen LogP contribution in [0.4, 0.5) is 16.5 Å². The SMILES string of the molecule is CCN(CCCOS(=O)(=O)[O-])c1ccc(N=Nc2scc[n+]2C)c(C)c1. The fourth-order valence-electron chi connectivity index (χ4n) is 2.35. The van der Waals surface area contributed by atoms with Crippen molar-refractivity contribution in [2.75, 3.05) is 24.6 Å². The Morgan fingerprint density at radius 1 is 1.35 bits per heavy atom. The smallest absolute Gasteiger partial charge is 0.408 e. The fraction of sp³-hybridized carbons (Fsp3) is 0.438. The average molecular weight is 399 g/mol. The van der Waals surface area contributed by atoms with Crippen molar-refractivity contribution >= 4 is 38.2 Å². The largest absolute Gasteiger partial charge is 0.726 e. The van der Waals surface area contributed by atoms with Crippen LogP contribution < -0.4 is 9.47 Å². The molecule has 0 N–H and O–H groups in total. The van der Waals surface area contributed by atoms with E-state index in [2.05, 4.69) is 19.3 Å². The van der Waals surface area contributed by atoms with Gasteiger partial charge in [-0.05, 0) is 60.5 Å². The lowest BCUT2D eigenvalue weighted by Gasteiger charge is -2.23. The van der Waals surface area contributed by atoms with Crippen LogP contribution in [0.2, 0.25) is 0 Å². The maximum Gasteiger partial charge on any atom is 0.408 e. The van der Waals surface area contributed by atoms with E-state index in [0.717, 1.165) is 28.6 Å². The van der Waals surface area contributed by atoms with Crippen LogP contribution in [-0.4, -0.2) is 32.7 Å². The zero-order chi connectivity index (χ0) is 19.2. The van der Waals surface area contributed by atoms with Crippen molar-refractivity contribution in [2.24, 2.45) is 17.3 Å². The van der Waals surface area contributed by atoms with E-state index in [0.29, 0.717) is 13.0 Å². The van der Waals surface area contributed by atoms with Crippen LogP contribution in [0.5, 0.6) is 0 Å². The van der Waals surface area contributed by atoms with Gasteiger partial charge >= 0.3 is 5.13 Å². The zero-order valence-corrected chi connectivity index (χ0v) is 16.6. The van der Waals surface area contributed by atoms with E-state index in [1.165, 1.54) is 11.3 Å². The number of nitrogens with zero attached hydrogens (tertiary/aromatic N) is 4. The Bertz CT molecular complexity index is 865. The predicted octanol–water partition coefficient (Wildman–Crippen LogP) is 2.99. The molecular formula is C16H22N4O4S2. The van der Waals surface area contributed by atoms with Gasteiger partial charge in [-0.3, -0.25) is 4.18 Å². The molecular weight excluding hydrogens is 376 g/mol. The number of benzene rings is 1. The number of aryl methyl sites for hydroxylation is 2. The van der Waals surface area contributed by atoms with Crippen molar-refractivity contribution in [1.29, 1.82) is 0 Å². The van der Waals surface area contributed by atoms with Crippen molar-refractivity contribution in [1.82, 2.24) is 0 Å². The maximum atomic E-state index is 10.5. The summed E-state index contributed by atoms with van der Waals surface area (Å²) >= 11 is 1.52. The van der Waals surface area contributed by atoms with E-state index >= 15 is 0 Å². The molecule has 1 aromatic heterocycles. The van der Waals surface area contributed by atoms with E-state index in [1.807, 2.05) is 55.2 Å². The first-order chi connectivity index (χ1) is 12.3. The van der Waals surface area contributed by atoms with Crippen molar-refractivity contribution in [3.63, 3.8) is 0 Å². The van der Waals surface area contributed by atoms with E-state index in [-0.39, 0.29) is 6.61 Å². The molecule has 0 atom stereocenters. The van der Waals surface area contributed by atoms with Crippen molar-refractivity contribution in [2.45, 2.75) is 20.3 Å². The monoisotopic (exact) mass is 398 g/mol. The standard InChI is InChI=1S/C16H22N4O4S2/c1-4-20(8-5-10-24-26(21,22)23)14-6-7-15(13(2)12-14)17-18-16-19(3)9-11-25-16/h6-7,9,11-12H,4-5,8,10H2,1-3H3. The van der Waals surface area contributed by atoms with Crippen molar-refractivity contribution in [3.8, 4) is 0 Å². The molecule has 1 aromatic carbocycles. The first-order valence-corrected chi connectivity index (χ1v) is 10.3. The second kappa shape index (κ2) is 9.17. The quantitative estimate of drug-likeness (QED) is 0.213. The van der Waals surface area contributed by atoms with Crippen LogP contribution in [0.1, 0.15) is 18.9 Å². The average Bonchev–Trinajstić information content (AvgIpc) is 2.98. The summed E-state index contributed by atoms with van der Waals surface area (Å²) in [5, 5.41) is 11.3. The van der Waals surface area contributed by atoms with Crippen LogP contribution in [0.3, 0.4) is 0 Å². The molecule has 1 heterocycles. The Balaban J connectivity index is 2.02. The highest BCUT2D eigenvalue weighted by Gasteiger charge is 2.10. The van der Waals surface area contributed by atoms with Crippen molar-refractivity contribution < 1.29 is 21.7 Å². The van der Waals surface area contributed by atoms with Crippen LogP contribution in [0, 0.1) is 6.92 Å². The number of anilines is 1. The van der Waals surface area contributed by atoms with Crippen LogP contribution in [0.15, 0.2) is 40.0 Å². The summed E-state index contributed by atoms with van der Waals surface area (Å²) in [7, 11) is -2.71. The molecule has 0 amide bonds. The summed E-state index contributed by atoms with van der Waals surface area (Å²) in [6.45, 7) is 5.18. The maximum absolute atomic E-state index is 10.5. The Hall–Kier alpha value is -1.88. The van der Waals surface area contributed by atoms with Gasteiger partial charge in [-0.2, -0.15) is 0 Å². The Morgan fingerprint density at radius 2 is 2.12 bits per heavy atom. The molecule has 8 nitrogen and oxygen atoms in total. The molecule has 0 saturated carbocycles. The number of azo groups is 1. The first-order valence-electron chi connectivity index (χ1n) is 8.11. The van der Waals surface area contributed by atoms with Gasteiger partial charge in [0.15, 0.2) is 0 Å². The molecule has 0 bridgehead atoms. The second-order valence-electron chi connectivity index (χ2n) is 5.63. The van der Waals surface area contributed by atoms with Gasteiger partial charge in [0.25, 0.3) is 0 Å². The Kier molecular flexibility index (Phi) is 7.21. The molecule has 10 heteroatoms. The molecule has 0 aliphatic rings. The van der Waals surface area contributed by atoms with E-state index in [1.54, 1.807) is 0 Å². The van der Waals surface area contributed by atoms with Crippen LogP contribution in [-0.2, 0) is 21.6 Å². The van der Waals surface area contributed by atoms with Crippen LogP contribution in [0.25, 0.3) is 0 Å². The summed E-state index contributed by atoms with van der Waals surface area (Å²) in [6, 6.07) is 5.87. The van der Waals surface area contributed by atoms with E-state index in [4.69, 9.17) is 0 Å². The predicted molar refractivity (Wildman–Crippen MR) is 99.0 cm³/mol. The summed E-state index contributed by atoms with van der Waals surface area (Å²) in [4.78, 5) is 2.08. The number of hydrogen-bond donors (Lipinski definition) is 0. The van der Waals surface area contributed by atoms with Gasteiger partial charge in [0, 0.05) is 24.2 Å². The van der Waals surface area contributed by atoms with Gasteiger partial charge in [-0.1, -0.05) is 0 Å². The van der Waals surface area contributed by atoms with Gasteiger partial charge in [0.1, 0.15) is 11.9 Å². The van der Waals surface area contributed by atoms with Gasteiger partial charge in [-0.25, -0.2) is 13.0 Å². The third-order valence-corrected chi connectivity index (χ3v) is 5.02. The summed E-state index contributed by atoms with van der Waals surface area (Å²) in [5.41, 5.74) is 2.77. The number of thiazole rings is 1. The topological polar surface area (TPSA) is 98.3 Å². The highest BCUT2D eigenvalue weighted by Crippen LogP contribution is 2.27. The zero-order valence-electron chi connectivity index (χ0n) is 15.0. The normalized spacial score (nSPS) is 12.0. The number of aromatic nitrogens is 1. The molecule has 0 spiro atoms. The second-order valence-corrected chi connectivity index (χ2v) is 7.56. The minimum atomic E-state index is -4.63. The number of rotatable bonds is 9. The van der Waals surface area contributed by atoms with Gasteiger partial charge < -0.3 is 9.45 Å². The lowest BCUT2D eigenvalue weighted by atomic mass is 10.1. The molecule has 0 fully saturated rings. The number of hydrogen-bond acceptors (Lipinski definition) is 8. The lowest BCUT2D eigenvalue weighted by Crippen LogP contribution is -2.25. The fourth-order valence-corrected chi connectivity index (χ4v) is 3.36. The molecule has 26 heavy (non-hydrogen) atoms. The molecule has 142 valence electrons. The summed E-state index contributed by atoms with van der Waals surface area (Å²) < 4.78 is 37.5. The molecule has 0 aliphatic carbocycles. The molecule has 0 radical (unpaired) electrons.